The van der Waals surface area contributed by atoms with Gasteiger partial charge in [-0.2, -0.15) is 0 Å². The molecular weight excluding hydrogens is 196 g/mol. The fraction of sp³-hybridized carbons (Fsp3) is 0.417. The zero-order valence-corrected chi connectivity index (χ0v) is 9.19. The normalized spacial score (nSPS) is 17.9. The molecule has 14 heavy (non-hydrogen) atoms. The van der Waals surface area contributed by atoms with Crippen molar-refractivity contribution in [3.8, 4) is 0 Å². The van der Waals surface area contributed by atoms with Crippen LogP contribution in [0.15, 0.2) is 18.2 Å². The molecule has 0 unspecified atom stereocenters. The Balaban J connectivity index is 2.47. The number of aryl methyl sites for hydroxylation is 1. The smallest absolute Gasteiger partial charge is 0.140 e. The van der Waals surface area contributed by atoms with Gasteiger partial charge in [0, 0.05) is 5.02 Å². The Morgan fingerprint density at radius 1 is 1.36 bits per heavy atom. The number of rotatable bonds is 2. The average molecular weight is 209 g/mol. The van der Waals surface area contributed by atoms with Gasteiger partial charge in [0.1, 0.15) is 5.78 Å². The molecule has 1 aromatic rings. The molecule has 0 aromatic heterocycles. The van der Waals surface area contributed by atoms with Gasteiger partial charge in [-0.1, -0.05) is 17.7 Å². The van der Waals surface area contributed by atoms with E-state index in [9.17, 15) is 4.79 Å². The molecule has 1 nitrogen and oxygen atoms in total. The molecule has 0 heterocycles. The lowest BCUT2D eigenvalue weighted by Crippen LogP contribution is -2.16. The monoisotopic (exact) mass is 208 g/mol. The van der Waals surface area contributed by atoms with E-state index in [2.05, 4.69) is 6.07 Å². The van der Waals surface area contributed by atoms with Crippen molar-refractivity contribution in [1.29, 1.82) is 0 Å². The van der Waals surface area contributed by atoms with Crippen molar-refractivity contribution in [2.45, 2.75) is 32.1 Å². The van der Waals surface area contributed by atoms with Crippen LogP contribution in [0.1, 0.15) is 30.9 Å². The predicted molar refractivity (Wildman–Crippen MR) is 57.8 cm³/mol. The lowest BCUT2D eigenvalue weighted by atomic mass is 9.91. The zero-order chi connectivity index (χ0) is 10.3. The Labute approximate surface area is 89.1 Å². The standard InChI is InChI=1S/C12H13ClO/c1-8-5-10(7-11(13)6-8)12(3-4-12)9(2)14/h5-7H,3-4H2,1-2H3. The van der Waals surface area contributed by atoms with Crippen LogP contribution < -0.4 is 0 Å². The Morgan fingerprint density at radius 3 is 2.43 bits per heavy atom. The molecule has 74 valence electrons. The summed E-state index contributed by atoms with van der Waals surface area (Å²) in [6.45, 7) is 3.68. The van der Waals surface area contributed by atoms with Crippen LogP contribution in [0.3, 0.4) is 0 Å². The topological polar surface area (TPSA) is 17.1 Å². The van der Waals surface area contributed by atoms with Gasteiger partial charge >= 0.3 is 0 Å². The highest BCUT2D eigenvalue weighted by atomic mass is 35.5. The molecule has 1 aliphatic carbocycles. The Bertz CT molecular complexity index is 371. The van der Waals surface area contributed by atoms with E-state index in [0.717, 1.165) is 29.0 Å². The Kier molecular flexibility index (Phi) is 2.15. The van der Waals surface area contributed by atoms with E-state index in [1.165, 1.54) is 0 Å². The molecule has 0 radical (unpaired) electrons. The fourth-order valence-corrected chi connectivity index (χ4v) is 2.27. The third-order valence-electron chi connectivity index (χ3n) is 3.02. The van der Waals surface area contributed by atoms with Crippen LogP contribution in [0.25, 0.3) is 0 Å². The zero-order valence-electron chi connectivity index (χ0n) is 8.43. The summed E-state index contributed by atoms with van der Waals surface area (Å²) in [6, 6.07) is 5.91. The van der Waals surface area contributed by atoms with E-state index in [0.29, 0.717) is 0 Å². The maximum absolute atomic E-state index is 11.5. The molecule has 0 atom stereocenters. The highest BCUT2D eigenvalue weighted by Crippen LogP contribution is 2.49. The van der Waals surface area contributed by atoms with Gasteiger partial charge in [-0.25, -0.2) is 0 Å². The van der Waals surface area contributed by atoms with Crippen LogP contribution in [-0.2, 0) is 10.2 Å². The van der Waals surface area contributed by atoms with Crippen molar-refractivity contribution in [2.75, 3.05) is 0 Å². The minimum Gasteiger partial charge on any atom is -0.299 e. The second-order valence-corrected chi connectivity index (χ2v) is 4.59. The third-order valence-corrected chi connectivity index (χ3v) is 3.24. The van der Waals surface area contributed by atoms with E-state index >= 15 is 0 Å². The average Bonchev–Trinajstić information content (AvgIpc) is 2.81. The quantitative estimate of drug-likeness (QED) is 0.729. The Hall–Kier alpha value is -0.820. The Morgan fingerprint density at radius 2 is 2.00 bits per heavy atom. The van der Waals surface area contributed by atoms with Crippen molar-refractivity contribution < 1.29 is 4.79 Å². The van der Waals surface area contributed by atoms with Gasteiger partial charge in [0.25, 0.3) is 0 Å². The summed E-state index contributed by atoms with van der Waals surface area (Å²) in [5.41, 5.74) is 2.02. The lowest BCUT2D eigenvalue weighted by molar-refractivity contribution is -0.119. The van der Waals surface area contributed by atoms with E-state index < -0.39 is 0 Å². The number of carbonyl (C=O) groups excluding carboxylic acids is 1. The first-order chi connectivity index (χ1) is 6.54. The lowest BCUT2D eigenvalue weighted by Gasteiger charge is -2.12. The molecule has 0 N–H and O–H groups in total. The van der Waals surface area contributed by atoms with Crippen LogP contribution >= 0.6 is 11.6 Å². The fourth-order valence-electron chi connectivity index (χ4n) is 1.98. The summed E-state index contributed by atoms with van der Waals surface area (Å²) in [6.07, 6.45) is 1.95. The molecule has 2 heteroatoms. The maximum atomic E-state index is 11.5. The number of Topliss-reactive ketones (excluding diaryl/α,β-unsaturated/α-hetero) is 1. The molecule has 0 spiro atoms. The summed E-state index contributed by atoms with van der Waals surface area (Å²) in [5, 5.41) is 0.729. The molecular formula is C12H13ClO. The SMILES string of the molecule is CC(=O)C1(c2cc(C)cc(Cl)c2)CC1. The molecule has 1 saturated carbocycles. The molecule has 2 rings (SSSR count). The first-order valence-electron chi connectivity index (χ1n) is 4.83. The summed E-state index contributed by atoms with van der Waals surface area (Å²) in [4.78, 5) is 11.5. The highest BCUT2D eigenvalue weighted by molar-refractivity contribution is 6.30. The van der Waals surface area contributed by atoms with Crippen molar-refractivity contribution in [1.82, 2.24) is 0 Å². The first kappa shape index (κ1) is 9.72. The van der Waals surface area contributed by atoms with Gasteiger partial charge in [0.05, 0.1) is 5.41 Å². The van der Waals surface area contributed by atoms with Crippen molar-refractivity contribution >= 4 is 17.4 Å². The van der Waals surface area contributed by atoms with Gasteiger partial charge in [0.15, 0.2) is 0 Å². The van der Waals surface area contributed by atoms with Crippen LogP contribution in [0.4, 0.5) is 0 Å². The van der Waals surface area contributed by atoms with Crippen LogP contribution in [-0.4, -0.2) is 5.78 Å². The summed E-state index contributed by atoms with van der Waals surface area (Å²) in [7, 11) is 0. The second kappa shape index (κ2) is 3.09. The minimum absolute atomic E-state index is 0.199. The number of ketones is 1. The van der Waals surface area contributed by atoms with Gasteiger partial charge < -0.3 is 0 Å². The number of hydrogen-bond acceptors (Lipinski definition) is 1. The van der Waals surface area contributed by atoms with Gasteiger partial charge in [-0.3, -0.25) is 4.79 Å². The predicted octanol–water partition coefficient (Wildman–Crippen LogP) is 3.27. The van der Waals surface area contributed by atoms with Crippen molar-refractivity contribution in [3.05, 3.63) is 34.3 Å². The van der Waals surface area contributed by atoms with E-state index in [1.54, 1.807) is 6.92 Å². The number of benzene rings is 1. The van der Waals surface area contributed by atoms with Gasteiger partial charge in [0.2, 0.25) is 0 Å². The van der Waals surface area contributed by atoms with Crippen LogP contribution in [0.5, 0.6) is 0 Å². The number of carbonyl (C=O) groups is 1. The van der Waals surface area contributed by atoms with Gasteiger partial charge in [-0.15, -0.1) is 0 Å². The molecule has 1 aromatic carbocycles. The van der Waals surface area contributed by atoms with Crippen molar-refractivity contribution in [2.24, 2.45) is 0 Å². The first-order valence-corrected chi connectivity index (χ1v) is 5.21. The molecule has 1 aliphatic rings. The third kappa shape index (κ3) is 1.46. The van der Waals surface area contributed by atoms with Crippen LogP contribution in [0.2, 0.25) is 5.02 Å². The molecule has 0 amide bonds. The molecule has 0 aliphatic heterocycles. The summed E-state index contributed by atoms with van der Waals surface area (Å²) in [5.74, 6) is 0.263. The summed E-state index contributed by atoms with van der Waals surface area (Å²) >= 11 is 5.98. The van der Waals surface area contributed by atoms with E-state index in [1.807, 2.05) is 19.1 Å². The highest BCUT2D eigenvalue weighted by Gasteiger charge is 2.48. The van der Waals surface area contributed by atoms with E-state index in [-0.39, 0.29) is 11.2 Å². The van der Waals surface area contributed by atoms with E-state index in [4.69, 9.17) is 11.6 Å². The van der Waals surface area contributed by atoms with Crippen molar-refractivity contribution in [3.63, 3.8) is 0 Å². The summed E-state index contributed by atoms with van der Waals surface area (Å²) < 4.78 is 0. The number of hydrogen-bond donors (Lipinski definition) is 0. The largest absolute Gasteiger partial charge is 0.299 e. The molecule has 1 fully saturated rings. The number of halogens is 1. The van der Waals surface area contributed by atoms with Crippen LogP contribution in [0, 0.1) is 6.92 Å². The molecule has 0 bridgehead atoms. The van der Waals surface area contributed by atoms with Gasteiger partial charge in [-0.05, 0) is 49.9 Å². The second-order valence-electron chi connectivity index (χ2n) is 4.16. The minimum atomic E-state index is -0.199. The maximum Gasteiger partial charge on any atom is 0.140 e. The molecule has 0 saturated heterocycles.